The molecule has 2 saturated heterocycles. The van der Waals surface area contributed by atoms with E-state index in [2.05, 4.69) is 42.2 Å². The SMILES string of the molecule is N#Cc1ccc(N2CCC(Nc3cc(N4CCSCC4)ncn3)CC2)nc1. The van der Waals surface area contributed by atoms with Gasteiger partial charge in [0.05, 0.1) is 5.56 Å². The summed E-state index contributed by atoms with van der Waals surface area (Å²) in [7, 11) is 0. The molecule has 0 bridgehead atoms. The standard InChI is InChI=1S/C19H23N7S/c20-12-15-1-2-18(21-13-15)25-5-3-16(4-6-25)24-17-11-19(23-14-22-17)26-7-9-27-10-8-26/h1-2,11,13-14,16H,3-10H2,(H,22,23,24). The number of thioether (sulfide) groups is 1. The van der Waals surface area contributed by atoms with Crippen molar-refractivity contribution in [2.24, 2.45) is 0 Å². The van der Waals surface area contributed by atoms with Crippen LogP contribution in [0.25, 0.3) is 0 Å². The molecule has 2 aliphatic heterocycles. The van der Waals surface area contributed by atoms with Crippen LogP contribution in [0.4, 0.5) is 17.5 Å². The first-order valence-electron chi connectivity index (χ1n) is 9.34. The third-order valence-corrected chi connectivity index (χ3v) is 5.98. The molecule has 0 amide bonds. The second-order valence-corrected chi connectivity index (χ2v) is 8.01. The Morgan fingerprint density at radius 2 is 1.78 bits per heavy atom. The van der Waals surface area contributed by atoms with E-state index in [9.17, 15) is 0 Å². The smallest absolute Gasteiger partial charge is 0.134 e. The Kier molecular flexibility index (Phi) is 5.58. The molecular formula is C19H23N7S. The van der Waals surface area contributed by atoms with Crippen molar-refractivity contribution in [1.29, 1.82) is 5.26 Å². The van der Waals surface area contributed by atoms with Crippen molar-refractivity contribution < 1.29 is 0 Å². The Bertz CT molecular complexity index is 790. The number of nitrogens with zero attached hydrogens (tertiary/aromatic N) is 6. The molecule has 0 radical (unpaired) electrons. The zero-order valence-electron chi connectivity index (χ0n) is 15.2. The molecule has 4 heterocycles. The molecular weight excluding hydrogens is 358 g/mol. The highest BCUT2D eigenvalue weighted by Crippen LogP contribution is 2.22. The number of anilines is 3. The zero-order valence-corrected chi connectivity index (χ0v) is 16.0. The third kappa shape index (κ3) is 4.42. The average molecular weight is 382 g/mol. The number of hydrogen-bond donors (Lipinski definition) is 1. The maximum atomic E-state index is 8.89. The van der Waals surface area contributed by atoms with E-state index in [1.165, 1.54) is 0 Å². The van der Waals surface area contributed by atoms with E-state index < -0.39 is 0 Å². The zero-order chi connectivity index (χ0) is 18.5. The van der Waals surface area contributed by atoms with Gasteiger partial charge in [-0.05, 0) is 25.0 Å². The number of rotatable bonds is 4. The van der Waals surface area contributed by atoms with Gasteiger partial charge in [0.2, 0.25) is 0 Å². The summed E-state index contributed by atoms with van der Waals surface area (Å²) in [4.78, 5) is 17.9. The van der Waals surface area contributed by atoms with E-state index in [0.717, 1.165) is 68.0 Å². The molecule has 0 saturated carbocycles. The molecule has 0 aliphatic carbocycles. The second-order valence-electron chi connectivity index (χ2n) is 6.78. The van der Waals surface area contributed by atoms with Crippen LogP contribution in [-0.2, 0) is 0 Å². The molecule has 0 aromatic carbocycles. The van der Waals surface area contributed by atoms with Crippen LogP contribution in [0.15, 0.2) is 30.7 Å². The Hall–Kier alpha value is -2.53. The van der Waals surface area contributed by atoms with Crippen LogP contribution in [-0.4, -0.2) is 58.7 Å². The van der Waals surface area contributed by atoms with Crippen molar-refractivity contribution in [2.45, 2.75) is 18.9 Å². The van der Waals surface area contributed by atoms with Gasteiger partial charge in [-0.3, -0.25) is 0 Å². The van der Waals surface area contributed by atoms with Gasteiger partial charge in [0, 0.05) is 56.0 Å². The van der Waals surface area contributed by atoms with Crippen LogP contribution in [0.2, 0.25) is 0 Å². The lowest BCUT2D eigenvalue weighted by Gasteiger charge is -2.33. The number of aromatic nitrogens is 3. The summed E-state index contributed by atoms with van der Waals surface area (Å²) in [5.74, 6) is 5.20. The molecule has 0 atom stereocenters. The average Bonchev–Trinajstić information content (AvgIpc) is 2.75. The van der Waals surface area contributed by atoms with Crippen LogP contribution in [0.5, 0.6) is 0 Å². The Morgan fingerprint density at radius 1 is 1.00 bits per heavy atom. The fourth-order valence-electron chi connectivity index (χ4n) is 3.49. The lowest BCUT2D eigenvalue weighted by atomic mass is 10.0. The van der Waals surface area contributed by atoms with E-state index in [4.69, 9.17) is 5.26 Å². The van der Waals surface area contributed by atoms with Gasteiger partial charge in [-0.2, -0.15) is 17.0 Å². The van der Waals surface area contributed by atoms with E-state index in [1.807, 2.05) is 23.9 Å². The summed E-state index contributed by atoms with van der Waals surface area (Å²) in [5.41, 5.74) is 0.599. The molecule has 0 spiro atoms. The monoisotopic (exact) mass is 381 g/mol. The van der Waals surface area contributed by atoms with Gasteiger partial charge in [-0.25, -0.2) is 15.0 Å². The Balaban J connectivity index is 1.33. The van der Waals surface area contributed by atoms with Crippen LogP contribution in [0.3, 0.4) is 0 Å². The van der Waals surface area contributed by atoms with Gasteiger partial charge in [-0.15, -0.1) is 0 Å². The number of nitrogens with one attached hydrogen (secondary N) is 1. The number of piperidine rings is 1. The maximum absolute atomic E-state index is 8.89. The molecule has 2 aromatic heterocycles. The van der Waals surface area contributed by atoms with Gasteiger partial charge in [-0.1, -0.05) is 0 Å². The van der Waals surface area contributed by atoms with Crippen molar-refractivity contribution in [2.75, 3.05) is 52.8 Å². The molecule has 1 N–H and O–H groups in total. The maximum Gasteiger partial charge on any atom is 0.134 e. The van der Waals surface area contributed by atoms with Crippen molar-refractivity contribution in [3.63, 3.8) is 0 Å². The van der Waals surface area contributed by atoms with Crippen molar-refractivity contribution in [3.8, 4) is 6.07 Å². The largest absolute Gasteiger partial charge is 0.367 e. The number of nitriles is 1. The molecule has 2 aromatic rings. The number of hydrogen-bond acceptors (Lipinski definition) is 8. The van der Waals surface area contributed by atoms with Crippen LogP contribution < -0.4 is 15.1 Å². The van der Waals surface area contributed by atoms with Gasteiger partial charge >= 0.3 is 0 Å². The molecule has 4 rings (SSSR count). The first-order valence-corrected chi connectivity index (χ1v) is 10.5. The van der Waals surface area contributed by atoms with Gasteiger partial charge in [0.25, 0.3) is 0 Å². The molecule has 27 heavy (non-hydrogen) atoms. The highest BCUT2D eigenvalue weighted by atomic mass is 32.2. The number of pyridine rings is 1. The van der Waals surface area contributed by atoms with Crippen LogP contribution >= 0.6 is 11.8 Å². The molecule has 2 fully saturated rings. The highest BCUT2D eigenvalue weighted by Gasteiger charge is 2.21. The van der Waals surface area contributed by atoms with E-state index in [0.29, 0.717) is 11.6 Å². The minimum Gasteiger partial charge on any atom is -0.367 e. The lowest BCUT2D eigenvalue weighted by molar-refractivity contribution is 0.522. The highest BCUT2D eigenvalue weighted by molar-refractivity contribution is 7.99. The summed E-state index contributed by atoms with van der Waals surface area (Å²) in [6.45, 7) is 3.99. The Labute approximate surface area is 163 Å². The first kappa shape index (κ1) is 17.9. The summed E-state index contributed by atoms with van der Waals surface area (Å²) < 4.78 is 0. The minimum atomic E-state index is 0.402. The van der Waals surface area contributed by atoms with E-state index in [1.54, 1.807) is 12.5 Å². The summed E-state index contributed by atoms with van der Waals surface area (Å²) in [5, 5.41) is 12.5. The molecule has 2 aliphatic rings. The summed E-state index contributed by atoms with van der Waals surface area (Å²) >= 11 is 2.00. The van der Waals surface area contributed by atoms with E-state index >= 15 is 0 Å². The van der Waals surface area contributed by atoms with Gasteiger partial charge < -0.3 is 15.1 Å². The molecule has 7 nitrogen and oxygen atoms in total. The predicted octanol–water partition coefficient (Wildman–Crippen LogP) is 2.38. The molecule has 0 unspecified atom stereocenters. The van der Waals surface area contributed by atoms with Crippen molar-refractivity contribution >= 4 is 29.2 Å². The third-order valence-electron chi connectivity index (χ3n) is 5.04. The second kappa shape index (κ2) is 8.44. The first-order chi connectivity index (χ1) is 13.3. The summed E-state index contributed by atoms with van der Waals surface area (Å²) in [6.07, 6.45) is 5.36. The van der Waals surface area contributed by atoms with Crippen LogP contribution in [0.1, 0.15) is 18.4 Å². The fraction of sp³-hybridized carbons (Fsp3) is 0.474. The Morgan fingerprint density at radius 3 is 2.48 bits per heavy atom. The predicted molar refractivity (Wildman–Crippen MR) is 109 cm³/mol. The molecule has 8 heteroatoms. The van der Waals surface area contributed by atoms with Crippen molar-refractivity contribution in [3.05, 3.63) is 36.3 Å². The lowest BCUT2D eigenvalue weighted by Crippen LogP contribution is -2.39. The quantitative estimate of drug-likeness (QED) is 0.865. The summed E-state index contributed by atoms with van der Waals surface area (Å²) in [6, 6.07) is 8.35. The molecule has 140 valence electrons. The minimum absolute atomic E-state index is 0.402. The van der Waals surface area contributed by atoms with Gasteiger partial charge in [0.1, 0.15) is 29.9 Å². The van der Waals surface area contributed by atoms with Gasteiger partial charge in [0.15, 0.2) is 0 Å². The fourth-order valence-corrected chi connectivity index (χ4v) is 4.40. The van der Waals surface area contributed by atoms with E-state index in [-0.39, 0.29) is 0 Å². The van der Waals surface area contributed by atoms with Crippen LogP contribution in [0, 0.1) is 11.3 Å². The van der Waals surface area contributed by atoms with Crippen molar-refractivity contribution in [1.82, 2.24) is 15.0 Å². The normalized spacial score (nSPS) is 18.2. The topological polar surface area (TPSA) is 81.0 Å².